The maximum atomic E-state index is 13.1. The second-order valence-corrected chi connectivity index (χ2v) is 10.6. The highest BCUT2D eigenvalue weighted by Crippen LogP contribution is 2.35. The monoisotopic (exact) mass is 646 g/mol. The van der Waals surface area contributed by atoms with Crippen LogP contribution in [0, 0.1) is 0 Å². The summed E-state index contributed by atoms with van der Waals surface area (Å²) in [6.07, 6.45) is -0.113. The summed E-state index contributed by atoms with van der Waals surface area (Å²) in [6.45, 7) is 0. The first-order chi connectivity index (χ1) is 19.1. The average molecular weight is 648 g/mol. The van der Waals surface area contributed by atoms with Gasteiger partial charge >= 0.3 is 6.18 Å². The molecule has 2 amide bonds. The second-order valence-electron chi connectivity index (χ2n) is 8.25. The lowest BCUT2D eigenvalue weighted by Gasteiger charge is -2.11. The van der Waals surface area contributed by atoms with Crippen molar-refractivity contribution in [2.45, 2.75) is 16.8 Å². The molecule has 0 atom stereocenters. The predicted octanol–water partition coefficient (Wildman–Crippen LogP) is 7.82. The van der Waals surface area contributed by atoms with E-state index in [0.717, 1.165) is 34.6 Å². The minimum Gasteiger partial charge on any atom is -0.321 e. The van der Waals surface area contributed by atoms with Gasteiger partial charge in [0.25, 0.3) is 11.8 Å². The topological polar surface area (TPSA) is 83.5 Å². The summed E-state index contributed by atoms with van der Waals surface area (Å²) in [6, 6.07) is 18.9. The van der Waals surface area contributed by atoms with Crippen LogP contribution in [-0.2, 0) is 11.9 Å². The van der Waals surface area contributed by atoms with Crippen molar-refractivity contribution in [3.8, 4) is 0 Å². The molecule has 4 rings (SSSR count). The first kappa shape index (κ1) is 29.3. The van der Waals surface area contributed by atoms with E-state index in [2.05, 4.69) is 36.8 Å². The van der Waals surface area contributed by atoms with Crippen LogP contribution in [0.5, 0.6) is 0 Å². The van der Waals surface area contributed by atoms with Crippen LogP contribution < -0.4 is 10.7 Å². The van der Waals surface area contributed by atoms with E-state index in [4.69, 9.17) is 11.6 Å². The van der Waals surface area contributed by atoms with E-state index < -0.39 is 28.6 Å². The van der Waals surface area contributed by atoms with Gasteiger partial charge in [0.05, 0.1) is 28.1 Å². The van der Waals surface area contributed by atoms with Crippen LogP contribution in [-0.4, -0.2) is 23.0 Å². The molecule has 3 aromatic carbocycles. The van der Waals surface area contributed by atoms with Crippen LogP contribution in [0.4, 0.5) is 18.9 Å². The zero-order valence-electron chi connectivity index (χ0n) is 20.4. The van der Waals surface area contributed by atoms with Crippen molar-refractivity contribution < 1.29 is 22.8 Å². The van der Waals surface area contributed by atoms with E-state index in [0.29, 0.717) is 10.0 Å². The molecule has 6 nitrogen and oxygen atoms in total. The number of aromatic nitrogens is 1. The first-order valence-electron chi connectivity index (χ1n) is 11.5. The summed E-state index contributed by atoms with van der Waals surface area (Å²) in [5, 5.41) is 6.04. The minimum atomic E-state index is -4.63. The van der Waals surface area contributed by atoms with Crippen LogP contribution >= 0.6 is 39.3 Å². The number of carbonyl (C=O) groups is 2. The molecule has 2 N–H and O–H groups in total. The summed E-state index contributed by atoms with van der Waals surface area (Å²) >= 11 is 10.6. The van der Waals surface area contributed by atoms with Gasteiger partial charge in [-0.25, -0.2) is 5.43 Å². The largest absolute Gasteiger partial charge is 0.417 e. The number of alkyl halides is 3. The second kappa shape index (κ2) is 13.1. The summed E-state index contributed by atoms with van der Waals surface area (Å²) in [5.41, 5.74) is 3.10. The fourth-order valence-corrected chi connectivity index (χ4v) is 4.85. The number of hydrazone groups is 1. The number of anilines is 1. The molecule has 0 aliphatic heterocycles. The van der Waals surface area contributed by atoms with E-state index in [1.807, 2.05) is 24.3 Å². The zero-order chi connectivity index (χ0) is 28.7. The molecular formula is C28H19BrClF3N4O2S. The molecule has 12 heteroatoms. The SMILES string of the molecule is O=C(Nc1ccc(Br)cc1C(=O)N/N=C/c1ccc(Cl)c(C(F)(F)F)c1)c1ccc(CSc2ccncc2)cc1. The van der Waals surface area contributed by atoms with Crippen LogP contribution in [0.1, 0.15) is 37.4 Å². The number of nitrogens with zero attached hydrogens (tertiary/aromatic N) is 2. The first-order valence-corrected chi connectivity index (χ1v) is 13.7. The number of halogens is 5. The highest BCUT2D eigenvalue weighted by molar-refractivity contribution is 9.10. The standard InChI is InChI=1S/C28H19BrClF3N4O2S/c29-20-6-8-25(36-26(38)19-4-1-17(2-5-19)16-40-21-9-11-34-12-10-21)22(14-20)27(39)37-35-15-18-3-7-24(30)23(13-18)28(31,32)33/h1-15H,16H2,(H,36,38)(H,37,39)/b35-15+. The van der Waals surface area contributed by atoms with Crippen LogP contribution in [0.25, 0.3) is 0 Å². The number of hydrogen-bond acceptors (Lipinski definition) is 5. The fraction of sp³-hybridized carbons (Fsp3) is 0.0714. The third-order valence-corrected chi connectivity index (χ3v) is 7.33. The van der Waals surface area contributed by atoms with Crippen molar-refractivity contribution in [1.29, 1.82) is 0 Å². The third-order valence-electron chi connectivity index (χ3n) is 5.42. The minimum absolute atomic E-state index is 0.0856. The number of pyridine rings is 1. The lowest BCUT2D eigenvalue weighted by molar-refractivity contribution is -0.137. The van der Waals surface area contributed by atoms with E-state index >= 15 is 0 Å². The Balaban J connectivity index is 1.42. The maximum absolute atomic E-state index is 13.1. The molecule has 0 unspecified atom stereocenters. The number of benzene rings is 3. The number of hydrogen-bond donors (Lipinski definition) is 2. The van der Waals surface area contributed by atoms with Crippen molar-refractivity contribution >= 4 is 63.0 Å². The van der Waals surface area contributed by atoms with Gasteiger partial charge in [0, 0.05) is 33.1 Å². The van der Waals surface area contributed by atoms with Crippen molar-refractivity contribution in [2.24, 2.45) is 5.10 Å². The van der Waals surface area contributed by atoms with Gasteiger partial charge in [0.15, 0.2) is 0 Å². The Morgan fingerprint density at radius 3 is 2.40 bits per heavy atom. The molecule has 1 heterocycles. The van der Waals surface area contributed by atoms with Crippen molar-refractivity contribution in [3.63, 3.8) is 0 Å². The Kier molecular flexibility index (Phi) is 9.62. The van der Waals surface area contributed by atoms with Crippen LogP contribution in [0.3, 0.4) is 0 Å². The molecule has 1 aromatic heterocycles. The predicted molar refractivity (Wildman–Crippen MR) is 154 cm³/mol. The molecule has 204 valence electrons. The lowest BCUT2D eigenvalue weighted by atomic mass is 10.1. The summed E-state index contributed by atoms with van der Waals surface area (Å²) in [5.74, 6) is -0.382. The van der Waals surface area contributed by atoms with E-state index in [1.54, 1.807) is 48.4 Å². The van der Waals surface area contributed by atoms with Gasteiger partial charge in [-0.15, -0.1) is 11.8 Å². The smallest absolute Gasteiger partial charge is 0.321 e. The quantitative estimate of drug-likeness (QED) is 0.116. The molecule has 0 radical (unpaired) electrons. The number of carbonyl (C=O) groups excluding carboxylic acids is 2. The Hall–Kier alpha value is -3.67. The summed E-state index contributed by atoms with van der Waals surface area (Å²) in [4.78, 5) is 30.8. The number of rotatable bonds is 8. The Morgan fingerprint density at radius 2 is 1.70 bits per heavy atom. The van der Waals surface area contributed by atoms with Crippen LogP contribution in [0.2, 0.25) is 5.02 Å². The number of thioether (sulfide) groups is 1. The molecular weight excluding hydrogens is 629 g/mol. The molecule has 0 bridgehead atoms. The Morgan fingerprint density at radius 1 is 0.975 bits per heavy atom. The molecule has 0 saturated carbocycles. The van der Waals surface area contributed by atoms with Gasteiger partial charge in [-0.05, 0) is 65.7 Å². The lowest BCUT2D eigenvalue weighted by Crippen LogP contribution is -2.21. The highest BCUT2D eigenvalue weighted by Gasteiger charge is 2.33. The Bertz CT molecular complexity index is 1550. The van der Waals surface area contributed by atoms with E-state index in [1.165, 1.54) is 12.1 Å². The van der Waals surface area contributed by atoms with Gasteiger partial charge in [0.2, 0.25) is 0 Å². The number of nitrogens with one attached hydrogen (secondary N) is 2. The molecule has 0 saturated heterocycles. The normalized spacial score (nSPS) is 11.4. The third kappa shape index (κ3) is 7.93. The molecule has 0 aliphatic carbocycles. The van der Waals surface area contributed by atoms with Gasteiger partial charge in [-0.1, -0.05) is 45.7 Å². The summed E-state index contributed by atoms with van der Waals surface area (Å²) < 4.78 is 39.8. The molecule has 0 spiro atoms. The summed E-state index contributed by atoms with van der Waals surface area (Å²) in [7, 11) is 0. The zero-order valence-corrected chi connectivity index (χ0v) is 23.5. The van der Waals surface area contributed by atoms with Gasteiger partial charge < -0.3 is 5.32 Å². The van der Waals surface area contributed by atoms with Crippen molar-refractivity contribution in [3.05, 3.63) is 123 Å². The number of amides is 2. The highest BCUT2D eigenvalue weighted by atomic mass is 79.9. The molecule has 40 heavy (non-hydrogen) atoms. The molecule has 0 fully saturated rings. The van der Waals surface area contributed by atoms with Crippen LogP contribution in [0.15, 0.2) is 99.7 Å². The average Bonchev–Trinajstić information content (AvgIpc) is 2.94. The maximum Gasteiger partial charge on any atom is 0.417 e. The van der Waals surface area contributed by atoms with Gasteiger partial charge in [-0.2, -0.15) is 18.3 Å². The van der Waals surface area contributed by atoms with Gasteiger partial charge in [-0.3, -0.25) is 14.6 Å². The molecule has 0 aliphatic rings. The molecule has 4 aromatic rings. The van der Waals surface area contributed by atoms with E-state index in [-0.39, 0.29) is 16.8 Å². The van der Waals surface area contributed by atoms with Crippen molar-refractivity contribution in [2.75, 3.05) is 5.32 Å². The van der Waals surface area contributed by atoms with E-state index in [9.17, 15) is 22.8 Å². The van der Waals surface area contributed by atoms with Gasteiger partial charge in [0.1, 0.15) is 0 Å². The fourth-order valence-electron chi connectivity index (χ4n) is 3.43. The van der Waals surface area contributed by atoms with Crippen molar-refractivity contribution in [1.82, 2.24) is 10.4 Å². The Labute approximate surface area is 245 Å².